The van der Waals surface area contributed by atoms with Crippen molar-refractivity contribution in [3.05, 3.63) is 41.0 Å². The van der Waals surface area contributed by atoms with Gasteiger partial charge in [-0.15, -0.1) is 0 Å². The van der Waals surface area contributed by atoms with Crippen LogP contribution in [0.4, 0.5) is 5.82 Å². The number of benzene rings is 1. The minimum atomic E-state index is -3.76. The van der Waals surface area contributed by atoms with Gasteiger partial charge in [-0.1, -0.05) is 32.0 Å². The standard InChI is InChI=1S/C18H23N5O2S2/c1-11-8-23(9-12(2)26-11)18-15-14(20-10-21-18)16(17(19)22-15)27(24,25)13-6-4-3-5-7-13/h3-7,11-12,21-22H,8-10,19H2,1-2H3/t11-,12?/m0/s1. The maximum absolute atomic E-state index is 13.2. The third-order valence-electron chi connectivity index (χ3n) is 4.73. The van der Waals surface area contributed by atoms with Gasteiger partial charge in [0, 0.05) is 23.6 Å². The first-order chi connectivity index (χ1) is 12.9. The number of nitrogens with two attached hydrogens (primary N) is 1. The molecule has 2 aromatic rings. The Morgan fingerprint density at radius 1 is 1.19 bits per heavy atom. The van der Waals surface area contributed by atoms with E-state index in [0.717, 1.165) is 18.9 Å². The number of hydrogen-bond acceptors (Lipinski definition) is 7. The highest BCUT2D eigenvalue weighted by molar-refractivity contribution is 8.00. The molecule has 0 radical (unpaired) electrons. The van der Waals surface area contributed by atoms with Gasteiger partial charge in [0.2, 0.25) is 9.84 Å². The van der Waals surface area contributed by atoms with Crippen molar-refractivity contribution in [3.63, 3.8) is 0 Å². The molecule has 1 aromatic heterocycles. The zero-order valence-corrected chi connectivity index (χ0v) is 16.9. The Balaban J connectivity index is 1.89. The lowest BCUT2D eigenvalue weighted by Gasteiger charge is -2.37. The second kappa shape index (κ2) is 6.79. The number of anilines is 1. The number of nitrogen functional groups attached to an aromatic ring is 1. The van der Waals surface area contributed by atoms with E-state index in [1.54, 1.807) is 30.3 Å². The molecule has 1 saturated heterocycles. The van der Waals surface area contributed by atoms with Gasteiger partial charge in [0.1, 0.15) is 33.9 Å². The lowest BCUT2D eigenvalue weighted by molar-refractivity contribution is 0.365. The van der Waals surface area contributed by atoms with E-state index in [-0.39, 0.29) is 15.6 Å². The summed E-state index contributed by atoms with van der Waals surface area (Å²) in [7, 11) is -3.76. The van der Waals surface area contributed by atoms with Gasteiger partial charge in [-0.2, -0.15) is 11.8 Å². The molecule has 0 saturated carbocycles. The maximum Gasteiger partial charge on any atom is 0.212 e. The monoisotopic (exact) mass is 405 g/mol. The van der Waals surface area contributed by atoms with Crippen LogP contribution in [0, 0.1) is 0 Å². The molecule has 0 amide bonds. The fraction of sp³-hybridized carbons (Fsp3) is 0.389. The lowest BCUT2D eigenvalue weighted by atomic mass is 10.3. The van der Waals surface area contributed by atoms with Gasteiger partial charge in [0.05, 0.1) is 4.90 Å². The van der Waals surface area contributed by atoms with Gasteiger partial charge >= 0.3 is 0 Å². The Morgan fingerprint density at radius 3 is 2.52 bits per heavy atom. The van der Waals surface area contributed by atoms with E-state index in [1.807, 2.05) is 11.8 Å². The second-order valence-corrected chi connectivity index (χ2v) is 10.7. The number of thioether (sulfide) groups is 1. The molecule has 1 unspecified atom stereocenters. The number of rotatable bonds is 3. The summed E-state index contributed by atoms with van der Waals surface area (Å²) < 4.78 is 26.3. The third kappa shape index (κ3) is 3.19. The average molecular weight is 406 g/mol. The van der Waals surface area contributed by atoms with Crippen molar-refractivity contribution in [1.29, 1.82) is 0 Å². The highest BCUT2D eigenvalue weighted by Gasteiger charge is 2.30. The molecular formula is C18H23N5O2S2. The fourth-order valence-corrected chi connectivity index (χ4v) is 6.55. The van der Waals surface area contributed by atoms with Crippen LogP contribution in [-0.2, 0) is 9.84 Å². The van der Waals surface area contributed by atoms with Crippen LogP contribution in [0.2, 0.25) is 0 Å². The Kier molecular flexibility index (Phi) is 4.59. The zero-order valence-electron chi connectivity index (χ0n) is 15.3. The number of aromatic amines is 1. The molecular weight excluding hydrogens is 382 g/mol. The number of sulfone groups is 1. The Bertz CT molecular complexity index is 1070. The summed E-state index contributed by atoms with van der Waals surface area (Å²) in [5.74, 6) is 1.00. The molecule has 2 aliphatic heterocycles. The summed E-state index contributed by atoms with van der Waals surface area (Å²) in [5, 5.41) is 5.36. The molecule has 3 heterocycles. The number of nitrogens with one attached hydrogen (secondary N) is 2. The second-order valence-electron chi connectivity index (χ2n) is 6.91. The first kappa shape index (κ1) is 18.2. The van der Waals surface area contributed by atoms with E-state index in [1.165, 1.54) is 0 Å². The minimum absolute atomic E-state index is 0.0650. The predicted octanol–water partition coefficient (Wildman–Crippen LogP) is 0.502. The lowest BCUT2D eigenvalue weighted by Crippen LogP contribution is -2.50. The van der Waals surface area contributed by atoms with Crippen LogP contribution in [-0.4, -0.2) is 48.6 Å². The molecule has 7 nitrogen and oxygen atoms in total. The SMILES string of the molecule is CC1CN(C2=c3[nH]c(N)c(S(=O)(=O)c4ccccc4)c3=NCN2)C[C@H](C)S1. The van der Waals surface area contributed by atoms with Crippen molar-refractivity contribution in [1.82, 2.24) is 15.2 Å². The van der Waals surface area contributed by atoms with Crippen LogP contribution in [0.3, 0.4) is 0 Å². The van der Waals surface area contributed by atoms with Gasteiger partial charge < -0.3 is 20.9 Å². The van der Waals surface area contributed by atoms with E-state index < -0.39 is 9.84 Å². The summed E-state index contributed by atoms with van der Waals surface area (Å²) in [6.07, 6.45) is 0. The molecule has 9 heteroatoms. The van der Waals surface area contributed by atoms with Crippen molar-refractivity contribution < 1.29 is 8.42 Å². The van der Waals surface area contributed by atoms with Crippen LogP contribution >= 0.6 is 11.8 Å². The highest BCUT2D eigenvalue weighted by atomic mass is 32.2. The minimum Gasteiger partial charge on any atom is -0.384 e. The first-order valence-electron chi connectivity index (χ1n) is 8.88. The highest BCUT2D eigenvalue weighted by Crippen LogP contribution is 2.27. The van der Waals surface area contributed by atoms with Gasteiger partial charge in [0.25, 0.3) is 0 Å². The van der Waals surface area contributed by atoms with Crippen molar-refractivity contribution in [2.75, 3.05) is 25.5 Å². The third-order valence-corrected chi connectivity index (χ3v) is 7.81. The summed E-state index contributed by atoms with van der Waals surface area (Å²) in [6.45, 7) is 6.50. The van der Waals surface area contributed by atoms with Gasteiger partial charge in [-0.25, -0.2) is 8.42 Å². The smallest absolute Gasteiger partial charge is 0.212 e. The van der Waals surface area contributed by atoms with E-state index in [4.69, 9.17) is 5.73 Å². The first-order valence-corrected chi connectivity index (χ1v) is 11.3. The number of hydrogen-bond donors (Lipinski definition) is 3. The van der Waals surface area contributed by atoms with Crippen molar-refractivity contribution in [2.45, 2.75) is 34.1 Å². The molecule has 1 aromatic carbocycles. The van der Waals surface area contributed by atoms with Gasteiger partial charge in [-0.3, -0.25) is 4.99 Å². The zero-order chi connectivity index (χ0) is 19.2. The Labute approximate surface area is 162 Å². The average Bonchev–Trinajstić information content (AvgIpc) is 2.98. The maximum atomic E-state index is 13.2. The van der Waals surface area contributed by atoms with Crippen LogP contribution in [0.5, 0.6) is 0 Å². The van der Waals surface area contributed by atoms with Gasteiger partial charge in [-0.05, 0) is 12.1 Å². The number of fused-ring (bicyclic) bond motifs is 1. The largest absolute Gasteiger partial charge is 0.384 e. The summed E-state index contributed by atoms with van der Waals surface area (Å²) in [6, 6.07) is 8.33. The van der Waals surface area contributed by atoms with Crippen molar-refractivity contribution in [3.8, 4) is 0 Å². The van der Waals surface area contributed by atoms with E-state index in [9.17, 15) is 8.42 Å². The molecule has 1 fully saturated rings. The van der Waals surface area contributed by atoms with Gasteiger partial charge in [0.15, 0.2) is 0 Å². The van der Waals surface area contributed by atoms with E-state index in [0.29, 0.717) is 27.9 Å². The summed E-state index contributed by atoms with van der Waals surface area (Å²) >= 11 is 1.96. The number of H-pyrrole nitrogens is 1. The molecule has 4 N–H and O–H groups in total. The summed E-state index contributed by atoms with van der Waals surface area (Å²) in [5.41, 5.74) is 6.13. The van der Waals surface area contributed by atoms with Crippen LogP contribution in [0.25, 0.3) is 5.82 Å². The molecule has 0 aliphatic carbocycles. The molecule has 144 valence electrons. The number of nitrogens with zero attached hydrogens (tertiary/aromatic N) is 2. The van der Waals surface area contributed by atoms with E-state index >= 15 is 0 Å². The van der Waals surface area contributed by atoms with Crippen LogP contribution in [0.15, 0.2) is 45.1 Å². The molecule has 2 aliphatic rings. The van der Waals surface area contributed by atoms with Crippen molar-refractivity contribution in [2.24, 2.45) is 4.99 Å². The molecule has 0 spiro atoms. The van der Waals surface area contributed by atoms with Crippen LogP contribution in [0.1, 0.15) is 13.8 Å². The molecule has 0 bridgehead atoms. The van der Waals surface area contributed by atoms with E-state index in [2.05, 4.69) is 34.0 Å². The molecule has 2 atom stereocenters. The summed E-state index contributed by atoms with van der Waals surface area (Å²) in [4.78, 5) is 10.0. The van der Waals surface area contributed by atoms with Crippen LogP contribution < -0.4 is 21.8 Å². The van der Waals surface area contributed by atoms with Crippen molar-refractivity contribution >= 4 is 33.2 Å². The molecule has 27 heavy (non-hydrogen) atoms. The predicted molar refractivity (Wildman–Crippen MR) is 107 cm³/mol. The molecule has 4 rings (SSSR count). The quantitative estimate of drug-likeness (QED) is 0.687. The fourth-order valence-electron chi connectivity index (χ4n) is 3.72. The number of aromatic nitrogens is 1. The Morgan fingerprint density at radius 2 is 1.85 bits per heavy atom. The normalized spacial score (nSPS) is 22.7. The topological polar surface area (TPSA) is 104 Å². The Hall–Kier alpha value is -2.13.